The van der Waals surface area contributed by atoms with E-state index in [0.717, 1.165) is 12.1 Å². The molecule has 4 nitrogen and oxygen atoms in total. The first-order valence-electron chi connectivity index (χ1n) is 5.77. The lowest BCUT2D eigenvalue weighted by atomic mass is 10.2. The second kappa shape index (κ2) is 5.74. The Morgan fingerprint density at radius 2 is 1.52 bits per heavy atom. The molecule has 0 aliphatic carbocycles. The van der Waals surface area contributed by atoms with E-state index in [1.165, 1.54) is 24.3 Å². The van der Waals surface area contributed by atoms with E-state index in [2.05, 4.69) is 4.74 Å². The van der Waals surface area contributed by atoms with Crippen LogP contribution in [0, 0.1) is 0 Å². The van der Waals surface area contributed by atoms with Gasteiger partial charge in [0.15, 0.2) is 0 Å². The molecule has 0 aromatic heterocycles. The number of carbonyl (C=O) groups is 1. The molecule has 2 aromatic rings. The number of alkyl halides is 3. The van der Waals surface area contributed by atoms with Gasteiger partial charge in [-0.3, -0.25) is 4.79 Å². The molecule has 0 atom stereocenters. The average molecular weight is 297 g/mol. The number of hydrogen-bond acceptors (Lipinski definition) is 3. The normalized spacial score (nSPS) is 11.0. The first kappa shape index (κ1) is 14.7. The molecule has 0 heterocycles. The molecule has 2 N–H and O–H groups in total. The van der Waals surface area contributed by atoms with Crippen molar-refractivity contribution in [2.24, 2.45) is 5.73 Å². The predicted octanol–water partition coefficient (Wildman–Crippen LogP) is 3.48. The zero-order valence-corrected chi connectivity index (χ0v) is 10.6. The number of nitrogens with two attached hydrogens (primary N) is 1. The van der Waals surface area contributed by atoms with Crippen LogP contribution in [0.2, 0.25) is 0 Å². The maximum atomic E-state index is 12.0. The summed E-state index contributed by atoms with van der Waals surface area (Å²) in [5.74, 6) is -0.562. The number of ether oxygens (including phenoxy) is 2. The molecule has 0 fully saturated rings. The molecule has 0 aliphatic heterocycles. The maximum absolute atomic E-state index is 12.0. The van der Waals surface area contributed by atoms with E-state index >= 15 is 0 Å². The van der Waals surface area contributed by atoms with Crippen molar-refractivity contribution >= 4 is 5.91 Å². The van der Waals surface area contributed by atoms with Gasteiger partial charge in [0.1, 0.15) is 17.2 Å². The number of carbonyl (C=O) groups excluding carboxylic acids is 1. The van der Waals surface area contributed by atoms with Crippen LogP contribution in [0.5, 0.6) is 17.2 Å². The molecule has 0 saturated carbocycles. The number of hydrogen-bond donors (Lipinski definition) is 1. The third kappa shape index (κ3) is 4.13. The van der Waals surface area contributed by atoms with Crippen LogP contribution < -0.4 is 15.2 Å². The summed E-state index contributed by atoms with van der Waals surface area (Å²) in [6, 6.07) is 11.1. The highest BCUT2D eigenvalue weighted by molar-refractivity contribution is 5.95. The lowest BCUT2D eigenvalue weighted by Crippen LogP contribution is -2.16. The molecule has 110 valence electrons. The predicted molar refractivity (Wildman–Crippen MR) is 68.2 cm³/mol. The van der Waals surface area contributed by atoms with E-state index in [4.69, 9.17) is 10.5 Å². The van der Waals surface area contributed by atoms with Crippen LogP contribution in [-0.2, 0) is 0 Å². The molecule has 1 amide bonds. The summed E-state index contributed by atoms with van der Waals surface area (Å²) in [5, 5.41) is 0. The van der Waals surface area contributed by atoms with Gasteiger partial charge in [-0.15, -0.1) is 13.2 Å². The number of para-hydroxylation sites is 1. The van der Waals surface area contributed by atoms with E-state index in [1.54, 1.807) is 12.1 Å². The van der Waals surface area contributed by atoms with Gasteiger partial charge in [-0.25, -0.2) is 0 Å². The first-order valence-corrected chi connectivity index (χ1v) is 5.77. The fourth-order valence-electron chi connectivity index (χ4n) is 1.60. The zero-order chi connectivity index (χ0) is 15.5. The van der Waals surface area contributed by atoms with Crippen LogP contribution in [0.4, 0.5) is 13.2 Å². The SMILES string of the molecule is NC(=O)c1ccccc1Oc1ccc(OC(F)(F)F)cc1. The molecule has 0 unspecified atom stereocenters. The van der Waals surface area contributed by atoms with Gasteiger partial charge >= 0.3 is 6.36 Å². The summed E-state index contributed by atoms with van der Waals surface area (Å²) < 4.78 is 45.2. The Hall–Kier alpha value is -2.70. The van der Waals surface area contributed by atoms with E-state index in [9.17, 15) is 18.0 Å². The van der Waals surface area contributed by atoms with Crippen LogP contribution >= 0.6 is 0 Å². The van der Waals surface area contributed by atoms with E-state index in [0.29, 0.717) is 0 Å². The summed E-state index contributed by atoms with van der Waals surface area (Å²) >= 11 is 0. The van der Waals surface area contributed by atoms with Crippen molar-refractivity contribution in [3.8, 4) is 17.2 Å². The Balaban J connectivity index is 2.16. The summed E-state index contributed by atoms with van der Waals surface area (Å²) in [4.78, 5) is 11.2. The number of benzene rings is 2. The third-order valence-electron chi connectivity index (χ3n) is 2.44. The van der Waals surface area contributed by atoms with Crippen molar-refractivity contribution in [1.29, 1.82) is 0 Å². The molecule has 0 spiro atoms. The summed E-state index contributed by atoms with van der Waals surface area (Å²) in [7, 11) is 0. The van der Waals surface area contributed by atoms with Gasteiger partial charge in [0, 0.05) is 0 Å². The smallest absolute Gasteiger partial charge is 0.457 e. The quantitative estimate of drug-likeness (QED) is 0.939. The van der Waals surface area contributed by atoms with Crippen molar-refractivity contribution in [3.05, 3.63) is 54.1 Å². The monoisotopic (exact) mass is 297 g/mol. The van der Waals surface area contributed by atoms with Gasteiger partial charge in [-0.05, 0) is 36.4 Å². The summed E-state index contributed by atoms with van der Waals surface area (Å²) in [6.45, 7) is 0. The van der Waals surface area contributed by atoms with Gasteiger partial charge in [0.2, 0.25) is 0 Å². The van der Waals surface area contributed by atoms with Crippen LogP contribution in [0.1, 0.15) is 10.4 Å². The minimum Gasteiger partial charge on any atom is -0.457 e. The maximum Gasteiger partial charge on any atom is 0.573 e. The Labute approximate surface area is 117 Å². The van der Waals surface area contributed by atoms with Crippen molar-refractivity contribution in [2.75, 3.05) is 0 Å². The molecular weight excluding hydrogens is 287 g/mol. The van der Waals surface area contributed by atoms with Crippen molar-refractivity contribution in [3.63, 3.8) is 0 Å². The largest absolute Gasteiger partial charge is 0.573 e. The molecule has 0 saturated heterocycles. The Kier molecular flexibility index (Phi) is 4.02. The highest BCUT2D eigenvalue weighted by Gasteiger charge is 2.30. The summed E-state index contributed by atoms with van der Waals surface area (Å²) in [6.07, 6.45) is -4.75. The molecule has 0 radical (unpaired) electrons. The van der Waals surface area contributed by atoms with E-state index in [1.807, 2.05) is 0 Å². The molecular formula is C14H10F3NO3. The van der Waals surface area contributed by atoms with Gasteiger partial charge in [-0.1, -0.05) is 12.1 Å². The van der Waals surface area contributed by atoms with Crippen LogP contribution in [0.15, 0.2) is 48.5 Å². The second-order valence-electron chi connectivity index (χ2n) is 3.98. The van der Waals surface area contributed by atoms with Crippen molar-refractivity contribution in [2.45, 2.75) is 6.36 Å². The van der Waals surface area contributed by atoms with Crippen LogP contribution in [-0.4, -0.2) is 12.3 Å². The lowest BCUT2D eigenvalue weighted by Gasteiger charge is -2.11. The highest BCUT2D eigenvalue weighted by atomic mass is 19.4. The van der Waals surface area contributed by atoms with Gasteiger partial charge < -0.3 is 15.2 Å². The molecule has 7 heteroatoms. The Bertz CT molecular complexity index is 639. The fourth-order valence-corrected chi connectivity index (χ4v) is 1.60. The minimum atomic E-state index is -4.75. The second-order valence-corrected chi connectivity index (χ2v) is 3.98. The third-order valence-corrected chi connectivity index (χ3v) is 2.44. The van der Waals surface area contributed by atoms with Crippen molar-refractivity contribution < 1.29 is 27.4 Å². The van der Waals surface area contributed by atoms with E-state index < -0.39 is 12.3 Å². The van der Waals surface area contributed by atoms with Gasteiger partial charge in [0.25, 0.3) is 5.91 Å². The molecule has 0 bridgehead atoms. The Morgan fingerprint density at radius 3 is 2.10 bits per heavy atom. The van der Waals surface area contributed by atoms with Gasteiger partial charge in [0.05, 0.1) is 5.56 Å². The topological polar surface area (TPSA) is 61.6 Å². The first-order chi connectivity index (χ1) is 9.85. The highest BCUT2D eigenvalue weighted by Crippen LogP contribution is 2.28. The fraction of sp³-hybridized carbons (Fsp3) is 0.0714. The summed E-state index contributed by atoms with van der Waals surface area (Å²) in [5.41, 5.74) is 5.37. The van der Waals surface area contributed by atoms with Crippen LogP contribution in [0.25, 0.3) is 0 Å². The van der Waals surface area contributed by atoms with Crippen LogP contribution in [0.3, 0.4) is 0 Å². The molecule has 21 heavy (non-hydrogen) atoms. The minimum absolute atomic E-state index is 0.174. The molecule has 0 aliphatic rings. The number of primary amides is 1. The lowest BCUT2D eigenvalue weighted by molar-refractivity contribution is -0.274. The molecule has 2 rings (SSSR count). The van der Waals surface area contributed by atoms with Gasteiger partial charge in [-0.2, -0.15) is 0 Å². The van der Waals surface area contributed by atoms with Crippen molar-refractivity contribution in [1.82, 2.24) is 0 Å². The molecule has 2 aromatic carbocycles. The zero-order valence-electron chi connectivity index (χ0n) is 10.6. The number of amides is 1. The van der Waals surface area contributed by atoms with E-state index in [-0.39, 0.29) is 22.8 Å². The Morgan fingerprint density at radius 1 is 0.952 bits per heavy atom. The number of rotatable bonds is 4. The average Bonchev–Trinajstić information content (AvgIpc) is 2.40. The number of halogens is 3. The standard InChI is InChI=1S/C14H10F3NO3/c15-14(16,17)21-10-7-5-9(6-8-10)20-12-4-2-1-3-11(12)13(18)19/h1-8H,(H2,18,19).